The lowest BCUT2D eigenvalue weighted by molar-refractivity contribution is -0.274. The highest BCUT2D eigenvalue weighted by Crippen LogP contribution is 2.31. The van der Waals surface area contributed by atoms with Gasteiger partial charge in [0.2, 0.25) is 0 Å². The van der Waals surface area contributed by atoms with Crippen LogP contribution in [0.2, 0.25) is 0 Å². The molecule has 0 bridgehead atoms. The van der Waals surface area contributed by atoms with Gasteiger partial charge in [-0.2, -0.15) is 0 Å². The first kappa shape index (κ1) is 14.9. The molecule has 2 rings (SSSR count). The quantitative estimate of drug-likeness (QED) is 0.905. The lowest BCUT2D eigenvalue weighted by Crippen LogP contribution is -2.18. The number of benzene rings is 1. The van der Waals surface area contributed by atoms with Gasteiger partial charge in [0.15, 0.2) is 5.75 Å². The second-order valence-corrected chi connectivity index (χ2v) is 4.10. The molecule has 0 aliphatic carbocycles. The van der Waals surface area contributed by atoms with Gasteiger partial charge in [-0.3, -0.25) is 0 Å². The van der Waals surface area contributed by atoms with E-state index in [0.717, 1.165) is 0 Å². The number of ether oxygens (including phenoxy) is 1. The highest BCUT2D eigenvalue weighted by atomic mass is 19.4. The molecule has 2 aromatic rings. The normalized spacial score (nSPS) is 11.1. The summed E-state index contributed by atoms with van der Waals surface area (Å²) in [6, 6.07) is 7.33. The van der Waals surface area contributed by atoms with Gasteiger partial charge in [0.1, 0.15) is 17.5 Å². The maximum Gasteiger partial charge on any atom is 0.573 e. The minimum atomic E-state index is -4.75. The molecule has 21 heavy (non-hydrogen) atoms. The first-order valence-corrected chi connectivity index (χ1v) is 6.02. The number of hydrogen-bond acceptors (Lipinski definition) is 5. The zero-order chi connectivity index (χ0) is 15.5. The highest BCUT2D eigenvalue weighted by molar-refractivity contribution is 5.65. The van der Waals surface area contributed by atoms with Crippen LogP contribution < -0.4 is 15.4 Å². The summed E-state index contributed by atoms with van der Waals surface area (Å²) in [6.45, 7) is 1.68. The zero-order valence-electron chi connectivity index (χ0n) is 11.3. The van der Waals surface area contributed by atoms with E-state index in [1.807, 2.05) is 0 Å². The fraction of sp³-hybridized carbons (Fsp3) is 0.231. The molecule has 0 amide bonds. The molecule has 0 aliphatic heterocycles. The number of nitrogens with one attached hydrogen (secondary N) is 2. The van der Waals surface area contributed by atoms with Crippen molar-refractivity contribution in [1.82, 2.24) is 9.97 Å². The van der Waals surface area contributed by atoms with Gasteiger partial charge in [0.05, 0.1) is 5.69 Å². The summed E-state index contributed by atoms with van der Waals surface area (Å²) in [4.78, 5) is 8.22. The second kappa shape index (κ2) is 5.86. The summed E-state index contributed by atoms with van der Waals surface area (Å²) in [6.07, 6.45) is -4.75. The monoisotopic (exact) mass is 298 g/mol. The van der Waals surface area contributed by atoms with Crippen LogP contribution in [0.5, 0.6) is 5.75 Å². The van der Waals surface area contributed by atoms with Crippen LogP contribution in [-0.4, -0.2) is 23.4 Å². The first-order chi connectivity index (χ1) is 9.87. The average molecular weight is 298 g/mol. The van der Waals surface area contributed by atoms with Gasteiger partial charge in [-0.05, 0) is 19.1 Å². The molecule has 0 unspecified atom stereocenters. The van der Waals surface area contributed by atoms with Gasteiger partial charge in [0, 0.05) is 13.1 Å². The van der Waals surface area contributed by atoms with E-state index in [2.05, 4.69) is 25.3 Å². The van der Waals surface area contributed by atoms with Gasteiger partial charge in [-0.25, -0.2) is 9.97 Å². The Hall–Kier alpha value is -2.51. The number of alkyl halides is 3. The Labute approximate surface area is 119 Å². The van der Waals surface area contributed by atoms with Gasteiger partial charge in [-0.1, -0.05) is 12.1 Å². The number of para-hydroxylation sites is 2. The van der Waals surface area contributed by atoms with E-state index in [-0.39, 0.29) is 11.4 Å². The zero-order valence-corrected chi connectivity index (χ0v) is 11.3. The van der Waals surface area contributed by atoms with Crippen LogP contribution >= 0.6 is 0 Å². The highest BCUT2D eigenvalue weighted by Gasteiger charge is 2.32. The molecule has 0 radical (unpaired) electrons. The first-order valence-electron chi connectivity index (χ1n) is 6.02. The van der Waals surface area contributed by atoms with Crippen molar-refractivity contribution in [2.45, 2.75) is 13.3 Å². The van der Waals surface area contributed by atoms with Crippen LogP contribution in [0.25, 0.3) is 0 Å². The SMILES string of the molecule is CNc1cc(Nc2ccccc2OC(F)(F)F)nc(C)n1. The van der Waals surface area contributed by atoms with Crippen molar-refractivity contribution in [3.05, 3.63) is 36.2 Å². The molecular formula is C13H13F3N4O. The summed E-state index contributed by atoms with van der Waals surface area (Å²) < 4.78 is 41.0. The standard InChI is InChI=1S/C13H13F3N4O/c1-8-18-11(17-2)7-12(19-8)20-9-5-3-4-6-10(9)21-13(14,15)16/h3-7H,1-2H3,(H2,17,18,19,20). The van der Waals surface area contributed by atoms with Crippen molar-refractivity contribution in [1.29, 1.82) is 0 Å². The molecule has 0 saturated carbocycles. The molecule has 8 heteroatoms. The molecule has 0 spiro atoms. The number of rotatable bonds is 4. The Morgan fingerprint density at radius 1 is 1.10 bits per heavy atom. The number of hydrogen-bond donors (Lipinski definition) is 2. The number of halogens is 3. The van der Waals surface area contributed by atoms with E-state index in [0.29, 0.717) is 17.5 Å². The minimum Gasteiger partial charge on any atom is -0.404 e. The lowest BCUT2D eigenvalue weighted by Gasteiger charge is -2.14. The van der Waals surface area contributed by atoms with Crippen LogP contribution in [0.4, 0.5) is 30.5 Å². The third kappa shape index (κ3) is 4.23. The van der Waals surface area contributed by atoms with E-state index in [4.69, 9.17) is 0 Å². The summed E-state index contributed by atoms with van der Waals surface area (Å²) in [5, 5.41) is 5.64. The third-order valence-corrected chi connectivity index (χ3v) is 2.47. The summed E-state index contributed by atoms with van der Waals surface area (Å²) in [5.41, 5.74) is 0.162. The molecular weight excluding hydrogens is 285 g/mol. The molecule has 112 valence electrons. The Morgan fingerprint density at radius 3 is 2.43 bits per heavy atom. The molecule has 5 nitrogen and oxygen atoms in total. The fourth-order valence-electron chi connectivity index (χ4n) is 1.68. The molecule has 2 N–H and O–H groups in total. The molecule has 1 aromatic carbocycles. The maximum absolute atomic E-state index is 12.4. The lowest BCUT2D eigenvalue weighted by atomic mass is 10.3. The smallest absolute Gasteiger partial charge is 0.404 e. The van der Waals surface area contributed by atoms with Crippen molar-refractivity contribution in [3.8, 4) is 5.75 Å². The van der Waals surface area contributed by atoms with E-state index >= 15 is 0 Å². The van der Waals surface area contributed by atoms with Crippen LogP contribution in [0.3, 0.4) is 0 Å². The molecule has 0 saturated heterocycles. The second-order valence-electron chi connectivity index (χ2n) is 4.10. The van der Waals surface area contributed by atoms with Gasteiger partial charge in [-0.15, -0.1) is 13.2 Å². The molecule has 0 atom stereocenters. The van der Waals surface area contributed by atoms with Gasteiger partial charge < -0.3 is 15.4 Å². The Kier molecular flexibility index (Phi) is 4.15. The van der Waals surface area contributed by atoms with E-state index in [1.54, 1.807) is 26.1 Å². The number of aryl methyl sites for hydroxylation is 1. The summed E-state index contributed by atoms with van der Waals surface area (Å²) >= 11 is 0. The van der Waals surface area contributed by atoms with Crippen molar-refractivity contribution in [2.75, 3.05) is 17.7 Å². The van der Waals surface area contributed by atoms with Crippen molar-refractivity contribution < 1.29 is 17.9 Å². The minimum absolute atomic E-state index is 0.162. The van der Waals surface area contributed by atoms with Gasteiger partial charge in [0.25, 0.3) is 0 Å². The predicted molar refractivity (Wildman–Crippen MR) is 72.7 cm³/mol. The van der Waals surface area contributed by atoms with Crippen molar-refractivity contribution in [3.63, 3.8) is 0 Å². The van der Waals surface area contributed by atoms with Crippen LogP contribution in [-0.2, 0) is 0 Å². The summed E-state index contributed by atoms with van der Waals surface area (Å²) in [5.74, 6) is 1.08. The van der Waals surface area contributed by atoms with E-state index < -0.39 is 6.36 Å². The van der Waals surface area contributed by atoms with Crippen molar-refractivity contribution >= 4 is 17.3 Å². The molecule has 0 fully saturated rings. The van der Waals surface area contributed by atoms with Crippen LogP contribution in [0.15, 0.2) is 30.3 Å². The van der Waals surface area contributed by atoms with Gasteiger partial charge >= 0.3 is 6.36 Å². The van der Waals surface area contributed by atoms with E-state index in [9.17, 15) is 13.2 Å². The molecule has 1 heterocycles. The van der Waals surface area contributed by atoms with Crippen LogP contribution in [0, 0.1) is 6.92 Å². The molecule has 1 aromatic heterocycles. The topological polar surface area (TPSA) is 59.1 Å². The third-order valence-electron chi connectivity index (χ3n) is 2.47. The Balaban J connectivity index is 2.29. The van der Waals surface area contributed by atoms with Crippen molar-refractivity contribution in [2.24, 2.45) is 0 Å². The van der Waals surface area contributed by atoms with E-state index in [1.165, 1.54) is 18.2 Å². The Morgan fingerprint density at radius 2 is 1.76 bits per heavy atom. The fourth-order valence-corrected chi connectivity index (χ4v) is 1.68. The number of nitrogens with zero attached hydrogens (tertiary/aromatic N) is 2. The van der Waals surface area contributed by atoms with Crippen LogP contribution in [0.1, 0.15) is 5.82 Å². The maximum atomic E-state index is 12.4. The molecule has 0 aliphatic rings. The Bertz CT molecular complexity index is 631. The summed E-state index contributed by atoms with van der Waals surface area (Å²) in [7, 11) is 1.69. The number of aromatic nitrogens is 2. The number of anilines is 3. The average Bonchev–Trinajstić information content (AvgIpc) is 2.38. The largest absolute Gasteiger partial charge is 0.573 e. The predicted octanol–water partition coefficient (Wildman–Crippen LogP) is 3.47.